The van der Waals surface area contributed by atoms with Crippen molar-refractivity contribution in [1.29, 1.82) is 0 Å². The summed E-state index contributed by atoms with van der Waals surface area (Å²) in [7, 11) is 0. The molecule has 0 radical (unpaired) electrons. The highest BCUT2D eigenvalue weighted by Gasteiger charge is 2.22. The van der Waals surface area contributed by atoms with Crippen LogP contribution in [0.4, 0.5) is 5.69 Å². The van der Waals surface area contributed by atoms with E-state index >= 15 is 0 Å². The molecule has 0 amide bonds. The predicted molar refractivity (Wildman–Crippen MR) is 90.0 cm³/mol. The van der Waals surface area contributed by atoms with Crippen LogP contribution in [0.5, 0.6) is 0 Å². The fraction of sp³-hybridized carbons (Fsp3) is 0.0625. The Morgan fingerprint density at radius 1 is 1.12 bits per heavy atom. The van der Waals surface area contributed by atoms with Gasteiger partial charge < -0.3 is 9.63 Å². The van der Waals surface area contributed by atoms with Gasteiger partial charge in [0, 0.05) is 23.3 Å². The van der Waals surface area contributed by atoms with Crippen molar-refractivity contribution in [1.82, 2.24) is 5.16 Å². The standard InChI is InChI=1S/C16H10Cl2N2O4/c17-12-2-1-3-13(18)14(12)15-11(8-21)16(24-19-15)9-4-6-10(7-5-9)20(22)23/h1-7,21H,8H2. The summed E-state index contributed by atoms with van der Waals surface area (Å²) in [5.41, 5.74) is 1.70. The molecule has 0 spiro atoms. The largest absolute Gasteiger partial charge is 0.391 e. The fourth-order valence-electron chi connectivity index (χ4n) is 2.34. The molecule has 0 unspecified atom stereocenters. The summed E-state index contributed by atoms with van der Waals surface area (Å²) in [5, 5.41) is 25.2. The molecular weight excluding hydrogens is 355 g/mol. The molecule has 0 saturated heterocycles. The van der Waals surface area contributed by atoms with Gasteiger partial charge in [0.25, 0.3) is 5.69 Å². The van der Waals surface area contributed by atoms with Crippen LogP contribution in [0.1, 0.15) is 5.56 Å². The van der Waals surface area contributed by atoms with Gasteiger partial charge in [-0.2, -0.15) is 0 Å². The Morgan fingerprint density at radius 2 is 1.75 bits per heavy atom. The lowest BCUT2D eigenvalue weighted by Crippen LogP contribution is -1.91. The van der Waals surface area contributed by atoms with Crippen molar-refractivity contribution in [2.45, 2.75) is 6.61 Å². The average Bonchev–Trinajstić information content (AvgIpc) is 2.98. The normalized spacial score (nSPS) is 10.8. The second kappa shape index (κ2) is 6.60. The van der Waals surface area contributed by atoms with E-state index < -0.39 is 4.92 Å². The summed E-state index contributed by atoms with van der Waals surface area (Å²) in [5.74, 6) is 0.304. The van der Waals surface area contributed by atoms with Gasteiger partial charge in [0.2, 0.25) is 0 Å². The van der Waals surface area contributed by atoms with E-state index in [1.54, 1.807) is 18.2 Å². The van der Waals surface area contributed by atoms with Crippen LogP contribution in [0, 0.1) is 10.1 Å². The summed E-state index contributed by atoms with van der Waals surface area (Å²) in [4.78, 5) is 10.2. The van der Waals surface area contributed by atoms with Gasteiger partial charge in [-0.15, -0.1) is 0 Å². The topological polar surface area (TPSA) is 89.4 Å². The zero-order valence-electron chi connectivity index (χ0n) is 12.1. The average molecular weight is 365 g/mol. The van der Waals surface area contributed by atoms with Crippen LogP contribution in [0.3, 0.4) is 0 Å². The van der Waals surface area contributed by atoms with Crippen molar-refractivity contribution in [2.24, 2.45) is 0 Å². The van der Waals surface area contributed by atoms with Gasteiger partial charge in [0.15, 0.2) is 5.76 Å². The van der Waals surface area contributed by atoms with Crippen molar-refractivity contribution in [3.8, 4) is 22.6 Å². The monoisotopic (exact) mass is 364 g/mol. The van der Waals surface area contributed by atoms with Crippen LogP contribution in [0.25, 0.3) is 22.6 Å². The molecule has 3 rings (SSSR count). The molecule has 0 bridgehead atoms. The Hall–Kier alpha value is -2.41. The van der Waals surface area contributed by atoms with E-state index in [1.165, 1.54) is 24.3 Å². The zero-order chi connectivity index (χ0) is 17.3. The number of aliphatic hydroxyl groups is 1. The number of benzene rings is 2. The summed E-state index contributed by atoms with van der Waals surface area (Å²) < 4.78 is 5.34. The van der Waals surface area contributed by atoms with E-state index in [0.29, 0.717) is 38.2 Å². The second-order valence-corrected chi connectivity index (χ2v) is 5.71. The number of nitro groups is 1. The number of aromatic nitrogens is 1. The molecule has 0 atom stereocenters. The van der Waals surface area contributed by atoms with Gasteiger partial charge in [0.05, 0.1) is 27.1 Å². The van der Waals surface area contributed by atoms with Crippen molar-refractivity contribution >= 4 is 28.9 Å². The molecule has 24 heavy (non-hydrogen) atoms. The SMILES string of the molecule is O=[N+]([O-])c1ccc(-c2onc(-c3c(Cl)cccc3Cl)c2CO)cc1. The molecule has 0 saturated carbocycles. The maximum Gasteiger partial charge on any atom is 0.269 e. The van der Waals surface area contributed by atoms with Crippen molar-refractivity contribution in [3.05, 3.63) is 68.2 Å². The number of hydrogen-bond donors (Lipinski definition) is 1. The van der Waals surface area contributed by atoms with Gasteiger partial charge in [-0.25, -0.2) is 0 Å². The summed E-state index contributed by atoms with van der Waals surface area (Å²) in [6.07, 6.45) is 0. The molecule has 122 valence electrons. The molecule has 1 N–H and O–H groups in total. The van der Waals surface area contributed by atoms with Crippen molar-refractivity contribution in [3.63, 3.8) is 0 Å². The number of hydrogen-bond acceptors (Lipinski definition) is 5. The number of non-ortho nitro benzene ring substituents is 1. The Balaban J connectivity index is 2.12. The third-order valence-electron chi connectivity index (χ3n) is 3.49. The van der Waals surface area contributed by atoms with Crippen LogP contribution in [-0.2, 0) is 6.61 Å². The molecule has 3 aromatic rings. The molecule has 1 aromatic heterocycles. The number of rotatable bonds is 4. The molecular formula is C16H10Cl2N2O4. The lowest BCUT2D eigenvalue weighted by molar-refractivity contribution is -0.384. The van der Waals surface area contributed by atoms with Crippen molar-refractivity contribution in [2.75, 3.05) is 0 Å². The second-order valence-electron chi connectivity index (χ2n) is 4.90. The first-order valence-electron chi connectivity index (χ1n) is 6.81. The van der Waals surface area contributed by atoms with E-state index in [2.05, 4.69) is 5.16 Å². The molecule has 8 heteroatoms. The van der Waals surface area contributed by atoms with Crippen LogP contribution in [0.15, 0.2) is 47.0 Å². The predicted octanol–water partition coefficient (Wildman–Crippen LogP) is 4.72. The van der Waals surface area contributed by atoms with Gasteiger partial charge in [0.1, 0.15) is 5.69 Å². The summed E-state index contributed by atoms with van der Waals surface area (Å²) >= 11 is 12.4. The van der Waals surface area contributed by atoms with Gasteiger partial charge in [-0.05, 0) is 24.3 Å². The molecule has 6 nitrogen and oxygen atoms in total. The first kappa shape index (κ1) is 16.4. The highest BCUT2D eigenvalue weighted by Crippen LogP contribution is 2.39. The summed E-state index contributed by atoms with van der Waals surface area (Å²) in [6.45, 7) is -0.354. The highest BCUT2D eigenvalue weighted by molar-refractivity contribution is 6.39. The molecule has 2 aromatic carbocycles. The number of aliphatic hydroxyl groups excluding tert-OH is 1. The third kappa shape index (κ3) is 2.87. The van der Waals surface area contributed by atoms with E-state index in [-0.39, 0.29) is 12.3 Å². The summed E-state index contributed by atoms with van der Waals surface area (Å²) in [6, 6.07) is 10.8. The lowest BCUT2D eigenvalue weighted by Gasteiger charge is -2.05. The fourth-order valence-corrected chi connectivity index (χ4v) is 2.91. The van der Waals surface area contributed by atoms with Crippen LogP contribution in [0.2, 0.25) is 10.0 Å². The van der Waals surface area contributed by atoms with Crippen LogP contribution >= 0.6 is 23.2 Å². The first-order valence-corrected chi connectivity index (χ1v) is 7.57. The van der Waals surface area contributed by atoms with Crippen LogP contribution in [-0.4, -0.2) is 15.2 Å². The molecule has 1 heterocycles. The Labute approximate surface area is 146 Å². The number of nitrogens with zero attached hydrogens (tertiary/aromatic N) is 2. The Bertz CT molecular complexity index is 887. The molecule has 0 aliphatic rings. The van der Waals surface area contributed by atoms with Gasteiger partial charge >= 0.3 is 0 Å². The minimum atomic E-state index is -0.494. The first-order chi connectivity index (χ1) is 11.5. The number of nitro benzene ring substituents is 1. The third-order valence-corrected chi connectivity index (χ3v) is 4.12. The maximum absolute atomic E-state index is 10.7. The molecule has 0 aliphatic heterocycles. The maximum atomic E-state index is 10.7. The minimum Gasteiger partial charge on any atom is -0.391 e. The zero-order valence-corrected chi connectivity index (χ0v) is 13.6. The highest BCUT2D eigenvalue weighted by atomic mass is 35.5. The minimum absolute atomic E-state index is 0.0433. The van der Waals surface area contributed by atoms with Crippen LogP contribution < -0.4 is 0 Å². The molecule has 0 fully saturated rings. The Morgan fingerprint density at radius 3 is 2.29 bits per heavy atom. The Kier molecular flexibility index (Phi) is 4.53. The van der Waals surface area contributed by atoms with E-state index in [0.717, 1.165) is 0 Å². The van der Waals surface area contributed by atoms with Gasteiger partial charge in [-0.1, -0.05) is 34.4 Å². The smallest absolute Gasteiger partial charge is 0.269 e. The molecule has 0 aliphatic carbocycles. The number of halogens is 2. The lowest BCUT2D eigenvalue weighted by atomic mass is 10.0. The quantitative estimate of drug-likeness (QED) is 0.534. The van der Waals surface area contributed by atoms with E-state index in [4.69, 9.17) is 27.7 Å². The van der Waals surface area contributed by atoms with E-state index in [1.807, 2.05) is 0 Å². The van der Waals surface area contributed by atoms with E-state index in [9.17, 15) is 15.2 Å². The van der Waals surface area contributed by atoms with Gasteiger partial charge in [-0.3, -0.25) is 10.1 Å². The van der Waals surface area contributed by atoms with Crippen molar-refractivity contribution < 1.29 is 14.6 Å².